The first-order chi connectivity index (χ1) is 16.4. The normalized spacial score (nSPS) is 24.7. The molecule has 5 rings (SSSR count). The number of rotatable bonds is 6. The molecule has 0 bridgehead atoms. The number of aliphatic carboxylic acids is 1. The minimum Gasteiger partial charge on any atom is -0.477 e. The van der Waals surface area contributed by atoms with Crippen molar-refractivity contribution in [3.05, 3.63) is 17.1 Å². The van der Waals surface area contributed by atoms with Crippen molar-refractivity contribution in [3.8, 4) is 0 Å². The lowest BCUT2D eigenvalue weighted by molar-refractivity contribution is -0.529. The summed E-state index contributed by atoms with van der Waals surface area (Å²) in [4.78, 5) is 45.0. The Morgan fingerprint density at radius 3 is 2.82 bits per heavy atom. The quantitative estimate of drug-likeness (QED) is 0.122. The predicted octanol–water partition coefficient (Wildman–Crippen LogP) is -1.05. The van der Waals surface area contributed by atoms with Gasteiger partial charge in [0.15, 0.2) is 5.13 Å². The van der Waals surface area contributed by atoms with Crippen molar-refractivity contribution in [1.82, 2.24) is 24.5 Å². The van der Waals surface area contributed by atoms with Crippen LogP contribution >= 0.6 is 23.3 Å². The molecule has 2 amide bonds. The molecule has 34 heavy (non-hydrogen) atoms. The maximum Gasteiger partial charge on any atom is 0.352 e. The molecule has 1 aromatic heterocycles. The van der Waals surface area contributed by atoms with Crippen molar-refractivity contribution < 1.29 is 29.3 Å². The summed E-state index contributed by atoms with van der Waals surface area (Å²) >= 11 is 2.23. The Labute approximate surface area is 202 Å². The number of amidine groups is 1. The maximum atomic E-state index is 12.9. The van der Waals surface area contributed by atoms with Gasteiger partial charge in [0.25, 0.3) is 11.8 Å². The van der Waals surface area contributed by atoms with E-state index in [1.165, 1.54) is 22.5 Å². The third-order valence-corrected chi connectivity index (χ3v) is 8.18. The number of nitrogens with one attached hydrogen (secondary N) is 1. The molecule has 1 saturated heterocycles. The van der Waals surface area contributed by atoms with Crippen LogP contribution in [0.15, 0.2) is 16.4 Å². The number of β-lactam (4-membered cyclic amide) rings is 1. The first-order valence-electron chi connectivity index (χ1n) is 10.8. The molecule has 0 saturated carbocycles. The van der Waals surface area contributed by atoms with Gasteiger partial charge in [0.2, 0.25) is 17.4 Å². The second kappa shape index (κ2) is 8.87. The highest BCUT2D eigenvalue weighted by Gasteiger charge is 2.55. The first-order valence-corrected chi connectivity index (χ1v) is 12.6. The summed E-state index contributed by atoms with van der Waals surface area (Å²) < 4.78 is 6.20. The van der Waals surface area contributed by atoms with Gasteiger partial charge < -0.3 is 21.4 Å². The topological polar surface area (TPSA) is 177 Å². The second-order valence-electron chi connectivity index (χ2n) is 8.31. The SMILES string of the molecule is Nc1nc(/C(=N/O)C(=O)N[C@@H]2C(=O)N3C(C(=O)O)=C(CN4CCC[N+]5=C4CCC5)CS[C@H]23)ns1. The predicted molar refractivity (Wildman–Crippen MR) is 123 cm³/mol. The van der Waals surface area contributed by atoms with Crippen LogP contribution in [0.2, 0.25) is 0 Å². The summed E-state index contributed by atoms with van der Waals surface area (Å²) in [5, 5.41) is 24.2. The van der Waals surface area contributed by atoms with Crippen LogP contribution in [0.1, 0.15) is 25.1 Å². The van der Waals surface area contributed by atoms with Gasteiger partial charge in [0, 0.05) is 29.3 Å². The molecule has 2 atom stereocenters. The van der Waals surface area contributed by atoms with E-state index in [9.17, 15) is 24.7 Å². The van der Waals surface area contributed by atoms with Gasteiger partial charge in [0.05, 0.1) is 26.1 Å². The van der Waals surface area contributed by atoms with Gasteiger partial charge in [-0.3, -0.25) is 24.0 Å². The number of nitrogens with two attached hydrogens (primary N) is 1. The fourth-order valence-corrected chi connectivity index (χ4v) is 6.60. The van der Waals surface area contributed by atoms with E-state index in [1.807, 2.05) is 0 Å². The minimum atomic E-state index is -1.16. The number of hydrogen-bond acceptors (Lipinski definition) is 11. The van der Waals surface area contributed by atoms with E-state index in [1.54, 1.807) is 0 Å². The average molecular weight is 508 g/mol. The highest BCUT2D eigenvalue weighted by atomic mass is 32.2. The second-order valence-corrected chi connectivity index (χ2v) is 10.2. The van der Waals surface area contributed by atoms with E-state index >= 15 is 0 Å². The van der Waals surface area contributed by atoms with Crippen molar-refractivity contribution >= 4 is 57.8 Å². The van der Waals surface area contributed by atoms with E-state index in [-0.39, 0.29) is 16.7 Å². The summed E-state index contributed by atoms with van der Waals surface area (Å²) in [5.41, 5.74) is 5.72. The average Bonchev–Trinajstić information content (AvgIpc) is 3.47. The van der Waals surface area contributed by atoms with Gasteiger partial charge in [-0.25, -0.2) is 4.79 Å². The zero-order valence-corrected chi connectivity index (χ0v) is 19.6. The molecule has 4 aliphatic heterocycles. The van der Waals surface area contributed by atoms with Gasteiger partial charge >= 0.3 is 5.97 Å². The number of carbonyl (C=O) groups is 3. The number of amides is 2. The van der Waals surface area contributed by atoms with Crippen LogP contribution in [0, 0.1) is 0 Å². The molecule has 1 fully saturated rings. The number of fused-ring (bicyclic) bond motifs is 1. The lowest BCUT2D eigenvalue weighted by Gasteiger charge is -2.49. The number of aromatic nitrogens is 2. The van der Waals surface area contributed by atoms with Crippen molar-refractivity contribution in [2.24, 2.45) is 5.16 Å². The van der Waals surface area contributed by atoms with Crippen molar-refractivity contribution in [3.63, 3.8) is 0 Å². The zero-order chi connectivity index (χ0) is 24.0. The van der Waals surface area contributed by atoms with Gasteiger partial charge in [-0.05, 0) is 6.42 Å². The molecule has 1 aromatic rings. The number of carboxylic acid groups (broad SMARTS) is 1. The van der Waals surface area contributed by atoms with E-state index in [4.69, 9.17) is 5.73 Å². The van der Waals surface area contributed by atoms with E-state index < -0.39 is 34.9 Å². The van der Waals surface area contributed by atoms with Crippen LogP contribution in [0.3, 0.4) is 0 Å². The Morgan fingerprint density at radius 1 is 1.32 bits per heavy atom. The molecule has 0 spiro atoms. The van der Waals surface area contributed by atoms with E-state index in [0.717, 1.165) is 50.4 Å². The molecular formula is C19H23N8O5S2+. The molecule has 5 N–H and O–H groups in total. The highest BCUT2D eigenvalue weighted by molar-refractivity contribution is 8.00. The molecule has 4 aliphatic rings. The number of hydrogen-bond donors (Lipinski definition) is 4. The first kappa shape index (κ1) is 22.6. The number of anilines is 1. The Kier molecular flexibility index (Phi) is 5.89. The Hall–Kier alpha value is -3.20. The summed E-state index contributed by atoms with van der Waals surface area (Å²) in [6.45, 7) is 3.39. The lowest BCUT2D eigenvalue weighted by Crippen LogP contribution is -2.71. The van der Waals surface area contributed by atoms with Crippen LogP contribution in [-0.4, -0.2) is 107 Å². The number of nitrogen functional groups attached to an aromatic ring is 1. The molecule has 0 aromatic carbocycles. The van der Waals surface area contributed by atoms with Crippen molar-refractivity contribution in [2.45, 2.75) is 30.7 Å². The van der Waals surface area contributed by atoms with E-state index in [2.05, 4.69) is 29.3 Å². The van der Waals surface area contributed by atoms with Gasteiger partial charge in [-0.15, -0.1) is 11.8 Å². The lowest BCUT2D eigenvalue weighted by atomic mass is 10.0. The molecular weight excluding hydrogens is 484 g/mol. The van der Waals surface area contributed by atoms with Crippen molar-refractivity contribution in [2.75, 3.05) is 37.7 Å². The Morgan fingerprint density at radius 2 is 2.12 bits per heavy atom. The van der Waals surface area contributed by atoms with Crippen LogP contribution in [-0.2, 0) is 14.4 Å². The minimum absolute atomic E-state index is 0.0139. The fraction of sp³-hybridized carbons (Fsp3) is 0.526. The summed E-state index contributed by atoms with van der Waals surface area (Å²) in [6.07, 6.45) is 3.10. The highest BCUT2D eigenvalue weighted by Crippen LogP contribution is 2.40. The number of carboxylic acids is 1. The molecule has 0 aliphatic carbocycles. The summed E-state index contributed by atoms with van der Waals surface area (Å²) in [6, 6.07) is -0.962. The standard InChI is InChI=1S/C19H22N8O5S2/c20-19-22-14(24-34-19)11(23-32)15(28)21-12-16(29)27-13(18(30)31)9(8-33-17(12)27)7-26-6-2-5-25-4-1-3-10(25)26/h12,17H,1-8H2,(H4-,20,21,22,24,28,30,31,32)/p+1/t12-,17-/m1/s1. The molecule has 180 valence electrons. The fourth-order valence-electron chi connectivity index (χ4n) is 4.83. The third kappa shape index (κ3) is 3.77. The van der Waals surface area contributed by atoms with E-state index in [0.29, 0.717) is 17.9 Å². The number of oxime groups is 1. The molecule has 5 heterocycles. The van der Waals surface area contributed by atoms with Gasteiger partial charge in [-0.2, -0.15) is 9.36 Å². The number of nitrogens with zero attached hydrogens (tertiary/aromatic N) is 6. The molecule has 13 nitrogen and oxygen atoms in total. The summed E-state index contributed by atoms with van der Waals surface area (Å²) in [5.74, 6) is -1.02. The van der Waals surface area contributed by atoms with Crippen molar-refractivity contribution in [1.29, 1.82) is 0 Å². The third-order valence-electron chi connectivity index (χ3n) is 6.30. The number of carbonyl (C=O) groups excluding carboxylic acids is 2. The van der Waals surface area contributed by atoms with Gasteiger partial charge in [0.1, 0.15) is 23.7 Å². The van der Waals surface area contributed by atoms with Crippen LogP contribution in [0.25, 0.3) is 0 Å². The van der Waals surface area contributed by atoms with Crippen LogP contribution in [0.5, 0.6) is 0 Å². The van der Waals surface area contributed by atoms with Crippen LogP contribution < -0.4 is 11.1 Å². The molecule has 0 unspecified atom stereocenters. The molecule has 15 heteroatoms. The smallest absolute Gasteiger partial charge is 0.352 e. The zero-order valence-electron chi connectivity index (χ0n) is 18.0. The number of thioether (sulfide) groups is 1. The summed E-state index contributed by atoms with van der Waals surface area (Å²) in [7, 11) is 0. The monoisotopic (exact) mass is 507 g/mol. The van der Waals surface area contributed by atoms with Crippen LogP contribution in [0.4, 0.5) is 5.13 Å². The Balaban J connectivity index is 1.33. The Bertz CT molecular complexity index is 1160. The van der Waals surface area contributed by atoms with Gasteiger partial charge in [-0.1, -0.05) is 5.16 Å². The largest absolute Gasteiger partial charge is 0.477 e. The molecule has 0 radical (unpaired) electrons. The maximum absolute atomic E-state index is 12.9.